The highest BCUT2D eigenvalue weighted by Crippen LogP contribution is 2.35. The van der Waals surface area contributed by atoms with Gasteiger partial charge >= 0.3 is 0 Å². The Hall–Kier alpha value is -1.51. The maximum Gasteiger partial charge on any atom is 0.289 e. The minimum Gasteiger partial charge on any atom is -0.315 e. The summed E-state index contributed by atoms with van der Waals surface area (Å²) in [5, 5.41) is 14.4. The smallest absolute Gasteiger partial charge is 0.289 e. The minimum atomic E-state index is -3.87. The number of piperidine rings is 1. The normalized spacial score (nSPS) is 26.4. The fraction of sp³-hybridized carbons (Fsp3) is 0.571. The molecule has 2 atom stereocenters. The number of nitrogens with zero attached hydrogens (tertiary/aromatic N) is 2. The molecule has 0 saturated carbocycles. The van der Waals surface area contributed by atoms with E-state index in [-0.39, 0.29) is 22.7 Å². The predicted molar refractivity (Wildman–Crippen MR) is 81.0 cm³/mol. The fourth-order valence-electron chi connectivity index (χ4n) is 3.47. The molecule has 2 heterocycles. The Balaban J connectivity index is 2.07. The second-order valence-electron chi connectivity index (χ2n) is 5.79. The molecule has 2 saturated heterocycles. The summed E-state index contributed by atoms with van der Waals surface area (Å²) < 4.78 is 27.7. The summed E-state index contributed by atoms with van der Waals surface area (Å²) in [6.07, 6.45) is 3.36. The number of para-hydroxylation sites is 1. The first-order valence-corrected chi connectivity index (χ1v) is 8.93. The zero-order valence-electron chi connectivity index (χ0n) is 12.1. The molecular formula is C14H19N3O4S. The van der Waals surface area contributed by atoms with Crippen LogP contribution in [0.25, 0.3) is 0 Å². The molecule has 1 aromatic carbocycles. The Morgan fingerprint density at radius 1 is 1.18 bits per heavy atom. The molecule has 2 aliphatic heterocycles. The first-order chi connectivity index (χ1) is 10.5. The largest absolute Gasteiger partial charge is 0.315 e. The van der Waals surface area contributed by atoms with Crippen molar-refractivity contribution in [3.05, 3.63) is 34.4 Å². The lowest BCUT2D eigenvalue weighted by molar-refractivity contribution is -0.387. The van der Waals surface area contributed by atoms with Crippen LogP contribution in [0.3, 0.4) is 0 Å². The van der Waals surface area contributed by atoms with Crippen molar-refractivity contribution in [1.29, 1.82) is 0 Å². The highest BCUT2D eigenvalue weighted by Gasteiger charge is 2.42. The highest BCUT2D eigenvalue weighted by molar-refractivity contribution is 7.89. The van der Waals surface area contributed by atoms with E-state index in [4.69, 9.17) is 0 Å². The van der Waals surface area contributed by atoms with E-state index >= 15 is 0 Å². The first kappa shape index (κ1) is 15.4. The van der Waals surface area contributed by atoms with E-state index in [0.717, 1.165) is 32.2 Å². The Morgan fingerprint density at radius 3 is 2.68 bits per heavy atom. The van der Waals surface area contributed by atoms with Gasteiger partial charge in [-0.05, 0) is 31.9 Å². The lowest BCUT2D eigenvalue weighted by atomic mass is 9.98. The summed E-state index contributed by atoms with van der Waals surface area (Å²) in [6, 6.07) is 5.41. The quantitative estimate of drug-likeness (QED) is 0.671. The van der Waals surface area contributed by atoms with E-state index < -0.39 is 14.9 Å². The van der Waals surface area contributed by atoms with Crippen LogP contribution in [0.2, 0.25) is 0 Å². The van der Waals surface area contributed by atoms with E-state index in [2.05, 4.69) is 5.32 Å². The number of hydrogen-bond donors (Lipinski definition) is 1. The average molecular weight is 325 g/mol. The van der Waals surface area contributed by atoms with Gasteiger partial charge in [-0.25, -0.2) is 8.42 Å². The molecule has 1 aromatic rings. The van der Waals surface area contributed by atoms with Gasteiger partial charge in [-0.2, -0.15) is 4.31 Å². The molecular weight excluding hydrogens is 306 g/mol. The number of benzene rings is 1. The zero-order chi connectivity index (χ0) is 15.7. The topological polar surface area (TPSA) is 92.5 Å². The summed E-state index contributed by atoms with van der Waals surface area (Å²) in [4.78, 5) is 10.4. The summed E-state index contributed by atoms with van der Waals surface area (Å²) in [6.45, 7) is 1.39. The lowest BCUT2D eigenvalue weighted by Crippen LogP contribution is -2.50. The fourth-order valence-corrected chi connectivity index (χ4v) is 5.54. The van der Waals surface area contributed by atoms with Crippen molar-refractivity contribution in [2.75, 3.05) is 13.1 Å². The number of nitro benzene ring substituents is 1. The van der Waals surface area contributed by atoms with Crippen molar-refractivity contribution in [2.45, 2.75) is 42.7 Å². The number of hydrogen-bond acceptors (Lipinski definition) is 5. The summed E-state index contributed by atoms with van der Waals surface area (Å²) in [5.74, 6) is 0. The molecule has 1 N–H and O–H groups in total. The van der Waals surface area contributed by atoms with Gasteiger partial charge in [-0.3, -0.25) is 10.1 Å². The average Bonchev–Trinajstić information content (AvgIpc) is 2.63. The maximum atomic E-state index is 13.1. The van der Waals surface area contributed by atoms with Crippen LogP contribution in [0.4, 0.5) is 5.69 Å². The summed E-state index contributed by atoms with van der Waals surface area (Å²) >= 11 is 0. The van der Waals surface area contributed by atoms with Crippen molar-refractivity contribution < 1.29 is 13.3 Å². The van der Waals surface area contributed by atoms with E-state index in [0.29, 0.717) is 6.54 Å². The van der Waals surface area contributed by atoms with E-state index in [1.807, 2.05) is 0 Å². The van der Waals surface area contributed by atoms with Crippen LogP contribution in [-0.4, -0.2) is 42.8 Å². The molecule has 3 rings (SSSR count). The second kappa shape index (κ2) is 5.94. The first-order valence-electron chi connectivity index (χ1n) is 7.49. The van der Waals surface area contributed by atoms with Gasteiger partial charge in [0.1, 0.15) is 0 Å². The zero-order valence-corrected chi connectivity index (χ0v) is 13.0. The van der Waals surface area contributed by atoms with Gasteiger partial charge in [0, 0.05) is 24.7 Å². The lowest BCUT2D eigenvalue weighted by Gasteiger charge is -2.38. The highest BCUT2D eigenvalue weighted by atomic mass is 32.2. The van der Waals surface area contributed by atoms with Gasteiger partial charge in [0.25, 0.3) is 5.69 Å². The number of rotatable bonds is 3. The molecule has 8 heteroatoms. The number of nitrogens with one attached hydrogen (secondary N) is 1. The minimum absolute atomic E-state index is 0.0708. The third-order valence-corrected chi connectivity index (χ3v) is 6.50. The van der Waals surface area contributed by atoms with E-state index in [1.165, 1.54) is 28.6 Å². The molecule has 0 radical (unpaired) electrons. The Labute approximate surface area is 129 Å². The Kier molecular flexibility index (Phi) is 4.16. The molecule has 2 bridgehead atoms. The summed E-state index contributed by atoms with van der Waals surface area (Å²) in [7, 11) is -3.87. The van der Waals surface area contributed by atoms with Crippen molar-refractivity contribution in [1.82, 2.24) is 9.62 Å². The molecule has 0 aliphatic carbocycles. The SMILES string of the molecule is O=[N+]([O-])c1ccccc1S(=O)(=O)N1C2CCCC1CNCC2. The molecule has 0 aromatic heterocycles. The van der Waals surface area contributed by atoms with Crippen molar-refractivity contribution in [2.24, 2.45) is 0 Å². The van der Waals surface area contributed by atoms with E-state index in [9.17, 15) is 18.5 Å². The molecule has 2 aliphatic rings. The maximum absolute atomic E-state index is 13.1. The van der Waals surface area contributed by atoms with Crippen LogP contribution in [0.5, 0.6) is 0 Å². The third-order valence-electron chi connectivity index (χ3n) is 4.45. The van der Waals surface area contributed by atoms with Crippen LogP contribution in [0.1, 0.15) is 25.7 Å². The van der Waals surface area contributed by atoms with Gasteiger partial charge in [0.15, 0.2) is 4.90 Å². The Bertz CT molecular complexity index is 662. The van der Waals surface area contributed by atoms with Gasteiger partial charge < -0.3 is 5.32 Å². The summed E-state index contributed by atoms with van der Waals surface area (Å²) in [5.41, 5.74) is -0.349. The van der Waals surface area contributed by atoms with Crippen LogP contribution in [0.15, 0.2) is 29.2 Å². The monoisotopic (exact) mass is 325 g/mol. The third kappa shape index (κ3) is 2.62. The van der Waals surface area contributed by atoms with Crippen LogP contribution >= 0.6 is 0 Å². The molecule has 0 spiro atoms. The van der Waals surface area contributed by atoms with Crippen molar-refractivity contribution >= 4 is 15.7 Å². The van der Waals surface area contributed by atoms with Crippen LogP contribution < -0.4 is 5.32 Å². The van der Waals surface area contributed by atoms with E-state index in [1.54, 1.807) is 0 Å². The van der Waals surface area contributed by atoms with Crippen LogP contribution in [0, 0.1) is 10.1 Å². The molecule has 120 valence electrons. The number of nitro groups is 1. The Morgan fingerprint density at radius 2 is 1.91 bits per heavy atom. The number of sulfonamides is 1. The molecule has 2 fully saturated rings. The standard InChI is InChI=1S/C14H19N3O4S/c18-17(19)13-6-1-2-7-14(13)22(20,21)16-11-4-3-5-12(16)10-15-9-8-11/h1-2,6-7,11-12,15H,3-5,8-10H2. The number of fused-ring (bicyclic) bond motifs is 2. The van der Waals surface area contributed by atoms with Crippen LogP contribution in [-0.2, 0) is 10.0 Å². The predicted octanol–water partition coefficient (Wildman–Crippen LogP) is 1.50. The van der Waals surface area contributed by atoms with Gasteiger partial charge in [0.2, 0.25) is 10.0 Å². The van der Waals surface area contributed by atoms with Gasteiger partial charge in [0.05, 0.1) is 4.92 Å². The molecule has 2 unspecified atom stereocenters. The molecule has 22 heavy (non-hydrogen) atoms. The van der Waals surface area contributed by atoms with Crippen molar-refractivity contribution in [3.8, 4) is 0 Å². The van der Waals surface area contributed by atoms with Crippen molar-refractivity contribution in [3.63, 3.8) is 0 Å². The van der Waals surface area contributed by atoms with Gasteiger partial charge in [-0.1, -0.05) is 18.6 Å². The molecule has 7 nitrogen and oxygen atoms in total. The molecule has 0 amide bonds. The van der Waals surface area contributed by atoms with Gasteiger partial charge in [-0.15, -0.1) is 0 Å². The second-order valence-corrected chi connectivity index (χ2v) is 7.60.